The van der Waals surface area contributed by atoms with Crippen LogP contribution in [0.4, 0.5) is 28.4 Å². The number of carboxylic acid groups (broad SMARTS) is 1. The first-order chi connectivity index (χ1) is 31.3. The second-order valence-electron chi connectivity index (χ2n) is 13.5. The van der Waals surface area contributed by atoms with Crippen molar-refractivity contribution in [2.75, 3.05) is 25.2 Å². The van der Waals surface area contributed by atoms with Crippen molar-refractivity contribution in [3.05, 3.63) is 114 Å². The standard InChI is InChI=1S/C40H37N7O14S4/c1-24-10-13-46(14-11-24)16-18-65(53,54)27-6-9-31(35(20-27)63-60-57-51)42-44-37-29-21-36(64-61-58-52)38(39(48)28(29)7-8-30(37)41)45-43-32-19-25(2)34(22-33(32)55-3)62-59-56-17-15-47-12-4-5-26(23-47)40(49)50/h4-14,19-23H,15-18H2,1-3H3,(H4-2,41,42,43,48,49,50,51,52)/p+1. The molecule has 6 aromatic rings. The molecule has 0 aliphatic rings. The molecule has 2 heterocycles. The van der Waals surface area contributed by atoms with Crippen LogP contribution >= 0.6 is 36.1 Å². The molecule has 2 aromatic heterocycles. The Hall–Kier alpha value is -5.81. The maximum absolute atomic E-state index is 13.3. The predicted octanol–water partition coefficient (Wildman–Crippen LogP) is 7.51. The molecule has 340 valence electrons. The van der Waals surface area contributed by atoms with E-state index in [1.54, 1.807) is 52.8 Å². The van der Waals surface area contributed by atoms with Gasteiger partial charge < -0.3 is 25.5 Å². The minimum absolute atomic E-state index is 0.0270. The zero-order valence-corrected chi connectivity index (χ0v) is 37.6. The minimum Gasteiger partial charge on any atom is -0.545 e. The number of aromatic hydroxyl groups is 1. The molecule has 25 heteroatoms. The Labute approximate surface area is 383 Å². The van der Waals surface area contributed by atoms with Gasteiger partial charge in [0, 0.05) is 33.9 Å². The van der Waals surface area contributed by atoms with Crippen molar-refractivity contribution < 1.29 is 75.8 Å². The molecule has 0 saturated carbocycles. The van der Waals surface area contributed by atoms with Crippen molar-refractivity contribution in [3.63, 3.8) is 0 Å². The number of methoxy groups -OCH3 is 1. The molecule has 0 bridgehead atoms. The monoisotopic (exact) mass is 968 g/mol. The molecule has 0 unspecified atom stereocenters. The van der Waals surface area contributed by atoms with Gasteiger partial charge in [0.15, 0.2) is 53.5 Å². The fourth-order valence-electron chi connectivity index (χ4n) is 5.87. The number of hydrogen-bond acceptors (Lipinski definition) is 22. The van der Waals surface area contributed by atoms with Crippen LogP contribution in [-0.2, 0) is 50.9 Å². The predicted molar refractivity (Wildman–Crippen MR) is 231 cm³/mol. The van der Waals surface area contributed by atoms with E-state index in [2.05, 4.69) is 34.9 Å². The second-order valence-corrected chi connectivity index (χ2v) is 17.8. The molecule has 0 atom stereocenters. The van der Waals surface area contributed by atoms with Gasteiger partial charge in [-0.05, 0) is 79.6 Å². The zero-order valence-electron chi connectivity index (χ0n) is 34.3. The molecule has 0 radical (unpaired) electrons. The highest BCUT2D eigenvalue weighted by atomic mass is 32.2. The van der Waals surface area contributed by atoms with Gasteiger partial charge in [-0.1, -0.05) is 10.1 Å². The first-order valence-electron chi connectivity index (χ1n) is 18.7. The number of hydrogen-bond donors (Lipinski definition) is 4. The van der Waals surface area contributed by atoms with Gasteiger partial charge in [-0.15, -0.1) is 29.1 Å². The van der Waals surface area contributed by atoms with E-state index in [1.807, 2.05) is 19.1 Å². The number of aromatic nitrogens is 2. The number of carbonyl (C=O) groups excluding carboxylic acids is 1. The Balaban J connectivity index is 1.24. The van der Waals surface area contributed by atoms with E-state index in [0.717, 1.165) is 17.6 Å². The van der Waals surface area contributed by atoms with Crippen LogP contribution < -0.4 is 24.7 Å². The molecule has 5 N–H and O–H groups in total. The van der Waals surface area contributed by atoms with E-state index in [0.29, 0.717) is 41.1 Å². The van der Waals surface area contributed by atoms with Crippen molar-refractivity contribution >= 4 is 91.1 Å². The van der Waals surface area contributed by atoms with Gasteiger partial charge in [-0.25, -0.2) is 33.0 Å². The number of ether oxygens (including phenoxy) is 1. The van der Waals surface area contributed by atoms with E-state index < -0.39 is 21.6 Å². The number of azo groups is 2. The lowest BCUT2D eigenvalue weighted by Gasteiger charge is -2.12. The summed E-state index contributed by atoms with van der Waals surface area (Å²) in [6.07, 6.45) is 6.66. The van der Waals surface area contributed by atoms with Gasteiger partial charge in [0.2, 0.25) is 0 Å². The van der Waals surface area contributed by atoms with Crippen LogP contribution in [0.2, 0.25) is 0 Å². The molecule has 21 nitrogen and oxygen atoms in total. The van der Waals surface area contributed by atoms with Gasteiger partial charge >= 0.3 is 0 Å². The first-order valence-corrected chi connectivity index (χ1v) is 22.6. The molecule has 4 aromatic carbocycles. The Morgan fingerprint density at radius 2 is 1.48 bits per heavy atom. The van der Waals surface area contributed by atoms with E-state index in [-0.39, 0.29) is 84.1 Å². The molecule has 6 rings (SSSR count). The van der Waals surface area contributed by atoms with Crippen molar-refractivity contribution in [2.45, 2.75) is 46.5 Å². The van der Waals surface area contributed by atoms with Gasteiger partial charge in [-0.3, -0.25) is 0 Å². The summed E-state index contributed by atoms with van der Waals surface area (Å²) in [5, 5.41) is 66.0. The summed E-state index contributed by atoms with van der Waals surface area (Å²) in [6.45, 7) is 4.31. The van der Waals surface area contributed by atoms with Crippen LogP contribution in [0.3, 0.4) is 0 Å². The summed E-state index contributed by atoms with van der Waals surface area (Å²) in [5.74, 6) is -1.63. The van der Waals surface area contributed by atoms with Crippen LogP contribution in [-0.4, -0.2) is 49.5 Å². The Morgan fingerprint density at radius 3 is 2.20 bits per heavy atom. The Morgan fingerprint density at radius 1 is 0.769 bits per heavy atom. The molecular weight excluding hydrogens is 931 g/mol. The van der Waals surface area contributed by atoms with Gasteiger partial charge in [-0.2, -0.15) is 4.33 Å². The van der Waals surface area contributed by atoms with Gasteiger partial charge in [0.1, 0.15) is 40.9 Å². The number of nitrogen functional groups attached to an aromatic ring is 1. The van der Waals surface area contributed by atoms with E-state index in [4.69, 9.17) is 34.5 Å². The number of fused-ring (bicyclic) bond motifs is 1. The number of aromatic carboxylic acids is 1. The van der Waals surface area contributed by atoms with Crippen molar-refractivity contribution in [1.82, 2.24) is 0 Å². The SMILES string of the molecule is COc1cc(SOOCC[n+]2cccc(C(=O)[O-])c2)c(C)cc1N=Nc1c(SOOO)cc2c(N=Nc3ccc(S(=O)(=O)CC[n+]4ccc(C)cc4)cc3SOOO)c(N)ccc2c1O. The van der Waals surface area contributed by atoms with Crippen LogP contribution in [0, 0.1) is 13.8 Å². The summed E-state index contributed by atoms with van der Waals surface area (Å²) in [5.41, 5.74) is 8.54. The summed E-state index contributed by atoms with van der Waals surface area (Å²) in [4.78, 5) is 17.2. The summed E-state index contributed by atoms with van der Waals surface area (Å²) in [6, 6.07) is 18.5. The largest absolute Gasteiger partial charge is 0.545 e. The van der Waals surface area contributed by atoms with Gasteiger partial charge in [0.05, 0.1) is 75.1 Å². The molecule has 65 heavy (non-hydrogen) atoms. The van der Waals surface area contributed by atoms with E-state index in [1.165, 1.54) is 55.8 Å². The molecule has 0 aliphatic heterocycles. The van der Waals surface area contributed by atoms with Gasteiger partial charge in [0.25, 0.3) is 0 Å². The molecule has 0 aliphatic carbocycles. The number of carbonyl (C=O) groups is 1. The fraction of sp³-hybridized carbons (Fsp3) is 0.175. The quantitative estimate of drug-likeness (QED) is 0.00973. The van der Waals surface area contributed by atoms with Crippen LogP contribution in [0.1, 0.15) is 21.5 Å². The van der Waals surface area contributed by atoms with E-state index >= 15 is 0 Å². The number of sulfone groups is 1. The molecular formula is C40H38N7O14S4+. The molecule has 0 fully saturated rings. The normalized spacial score (nSPS) is 11.9. The third-order valence-electron chi connectivity index (χ3n) is 9.20. The number of nitrogens with two attached hydrogens (primary N) is 1. The summed E-state index contributed by atoms with van der Waals surface area (Å²) in [7, 11) is -2.38. The Kier molecular flexibility index (Phi) is 17.1. The second kappa shape index (κ2) is 22.9. The lowest BCUT2D eigenvalue weighted by atomic mass is 10.1. The maximum atomic E-state index is 13.3. The molecule has 0 spiro atoms. The lowest BCUT2D eigenvalue weighted by molar-refractivity contribution is -0.701. The number of carboxylic acids is 1. The average molecular weight is 969 g/mol. The van der Waals surface area contributed by atoms with E-state index in [9.17, 15) is 23.4 Å². The smallest absolute Gasteiger partial charge is 0.184 e. The van der Waals surface area contributed by atoms with Crippen LogP contribution in [0.5, 0.6) is 11.5 Å². The Bertz CT molecular complexity index is 2840. The lowest BCUT2D eigenvalue weighted by Crippen LogP contribution is -2.37. The van der Waals surface area contributed by atoms with Crippen LogP contribution in [0.15, 0.2) is 138 Å². The topological polar surface area (TPSA) is 283 Å². The summed E-state index contributed by atoms with van der Waals surface area (Å²) < 4.78 is 50.2. The number of aryl methyl sites for hydroxylation is 3. The maximum Gasteiger partial charge on any atom is 0.184 e. The fourth-order valence-corrected chi connectivity index (χ4v) is 8.70. The molecule has 0 saturated heterocycles. The number of pyridine rings is 2. The number of rotatable bonds is 22. The minimum atomic E-state index is -3.81. The van der Waals surface area contributed by atoms with Crippen molar-refractivity contribution in [1.29, 1.82) is 0 Å². The van der Waals surface area contributed by atoms with Crippen molar-refractivity contribution in [2.24, 2.45) is 20.5 Å². The number of nitrogens with zero attached hydrogens (tertiary/aromatic N) is 6. The third-order valence-corrected chi connectivity index (χ3v) is 12.9. The molecule has 0 amide bonds. The zero-order chi connectivity index (χ0) is 46.5. The number of anilines is 1. The highest BCUT2D eigenvalue weighted by Crippen LogP contribution is 2.48. The number of phenols is 1. The van der Waals surface area contributed by atoms with Crippen LogP contribution in [0.25, 0.3) is 10.8 Å². The number of phenolic OH excluding ortho intramolecular Hbond substituents is 1. The average Bonchev–Trinajstić information content (AvgIpc) is 3.30. The summed E-state index contributed by atoms with van der Waals surface area (Å²) >= 11 is 1.87. The van der Waals surface area contributed by atoms with Crippen molar-refractivity contribution in [3.8, 4) is 11.5 Å². The first kappa shape index (κ1) is 48.6. The highest BCUT2D eigenvalue weighted by molar-refractivity contribution is 7.95. The highest BCUT2D eigenvalue weighted by Gasteiger charge is 2.22. The third kappa shape index (κ3) is 12.7. The number of benzene rings is 4.